The van der Waals surface area contributed by atoms with Gasteiger partial charge in [0.15, 0.2) is 11.0 Å². The largest absolute Gasteiger partial charge is 0.497 e. The van der Waals surface area contributed by atoms with Gasteiger partial charge >= 0.3 is 0 Å². The number of amides is 1. The van der Waals surface area contributed by atoms with Crippen LogP contribution in [0.1, 0.15) is 33.1 Å². The summed E-state index contributed by atoms with van der Waals surface area (Å²) in [5, 5.41) is 9.45. The third kappa shape index (κ3) is 4.03. The quantitative estimate of drug-likeness (QED) is 0.725. The lowest BCUT2D eigenvalue weighted by Gasteiger charge is -2.33. The predicted octanol–water partition coefficient (Wildman–Crippen LogP) is 3.47. The van der Waals surface area contributed by atoms with E-state index in [1.54, 1.807) is 7.11 Å². The number of likely N-dealkylation sites (tertiary alicyclic amines) is 1. The minimum absolute atomic E-state index is 0.193. The molecule has 0 radical (unpaired) electrons. The van der Waals surface area contributed by atoms with Crippen molar-refractivity contribution in [3.05, 3.63) is 24.3 Å². The predicted molar refractivity (Wildman–Crippen MR) is 103 cm³/mol. The minimum Gasteiger partial charge on any atom is -0.497 e. The molecule has 1 aliphatic rings. The average Bonchev–Trinajstić information content (AvgIpc) is 3.09. The van der Waals surface area contributed by atoms with E-state index in [0.29, 0.717) is 11.8 Å². The highest BCUT2D eigenvalue weighted by Gasteiger charge is 2.24. The highest BCUT2D eigenvalue weighted by Crippen LogP contribution is 2.26. The second-order valence-electron chi connectivity index (χ2n) is 6.50. The Hall–Kier alpha value is -2.02. The van der Waals surface area contributed by atoms with Crippen LogP contribution in [-0.2, 0) is 11.3 Å². The maximum atomic E-state index is 12.6. The first-order valence-corrected chi connectivity index (χ1v) is 10.1. The highest BCUT2D eigenvalue weighted by molar-refractivity contribution is 7.99. The SMILES string of the molecule is CCn1c(SCC(=O)N2CCCC[C@@H]2C)nnc1-c1ccc(OC)cc1. The Morgan fingerprint density at radius 2 is 2.04 bits per heavy atom. The van der Waals surface area contributed by atoms with E-state index in [9.17, 15) is 4.79 Å². The fourth-order valence-electron chi connectivity index (χ4n) is 3.31. The summed E-state index contributed by atoms with van der Waals surface area (Å²) in [6, 6.07) is 8.13. The van der Waals surface area contributed by atoms with Gasteiger partial charge in [0.1, 0.15) is 5.75 Å². The van der Waals surface area contributed by atoms with Gasteiger partial charge in [0.25, 0.3) is 0 Å². The first-order valence-electron chi connectivity index (χ1n) is 9.14. The molecule has 0 saturated carbocycles. The summed E-state index contributed by atoms with van der Waals surface area (Å²) in [6.07, 6.45) is 3.42. The van der Waals surface area contributed by atoms with Gasteiger partial charge in [0, 0.05) is 24.7 Å². The lowest BCUT2D eigenvalue weighted by molar-refractivity contribution is -0.131. The zero-order chi connectivity index (χ0) is 18.5. The van der Waals surface area contributed by atoms with Crippen LogP contribution in [0.4, 0.5) is 0 Å². The van der Waals surface area contributed by atoms with Crippen LogP contribution in [0, 0.1) is 0 Å². The molecule has 1 aromatic carbocycles. The van der Waals surface area contributed by atoms with Crippen molar-refractivity contribution in [1.82, 2.24) is 19.7 Å². The number of piperidine rings is 1. The highest BCUT2D eigenvalue weighted by atomic mass is 32.2. The maximum Gasteiger partial charge on any atom is 0.233 e. The van der Waals surface area contributed by atoms with E-state index in [1.807, 2.05) is 29.2 Å². The molecule has 1 atom stereocenters. The molecule has 0 aliphatic carbocycles. The van der Waals surface area contributed by atoms with Gasteiger partial charge in [0.2, 0.25) is 5.91 Å². The van der Waals surface area contributed by atoms with E-state index >= 15 is 0 Å². The van der Waals surface area contributed by atoms with Gasteiger partial charge < -0.3 is 14.2 Å². The molecule has 0 spiro atoms. The number of carbonyl (C=O) groups is 1. The molecule has 1 amide bonds. The summed E-state index contributed by atoms with van der Waals surface area (Å²) in [5.74, 6) is 2.23. The standard InChI is InChI=1S/C19H26N4O2S/c1-4-22-18(15-8-10-16(25-3)11-9-15)20-21-19(22)26-13-17(24)23-12-6-5-7-14(23)2/h8-11,14H,4-7,12-13H2,1-3H3/t14-/m0/s1. The summed E-state index contributed by atoms with van der Waals surface area (Å²) < 4.78 is 7.26. The van der Waals surface area contributed by atoms with Crippen molar-refractivity contribution in [2.75, 3.05) is 19.4 Å². The van der Waals surface area contributed by atoms with E-state index in [1.165, 1.54) is 18.2 Å². The van der Waals surface area contributed by atoms with Crippen molar-refractivity contribution in [1.29, 1.82) is 0 Å². The van der Waals surface area contributed by atoms with Gasteiger partial charge in [-0.05, 0) is 57.4 Å². The van der Waals surface area contributed by atoms with Gasteiger partial charge in [-0.15, -0.1) is 10.2 Å². The summed E-state index contributed by atoms with van der Waals surface area (Å²) >= 11 is 1.47. The van der Waals surface area contributed by atoms with Crippen LogP contribution in [0.5, 0.6) is 5.75 Å². The second kappa shape index (κ2) is 8.58. The van der Waals surface area contributed by atoms with Crippen LogP contribution in [0.3, 0.4) is 0 Å². The topological polar surface area (TPSA) is 60.2 Å². The number of thioether (sulfide) groups is 1. The molecule has 140 valence electrons. The van der Waals surface area contributed by atoms with Gasteiger partial charge in [-0.2, -0.15) is 0 Å². The molecule has 1 saturated heterocycles. The Balaban J connectivity index is 1.70. The van der Waals surface area contributed by atoms with Crippen molar-refractivity contribution in [2.24, 2.45) is 0 Å². The maximum absolute atomic E-state index is 12.6. The monoisotopic (exact) mass is 374 g/mol. The molecule has 26 heavy (non-hydrogen) atoms. The number of carbonyl (C=O) groups excluding carboxylic acids is 1. The zero-order valence-corrected chi connectivity index (χ0v) is 16.5. The molecule has 1 aromatic heterocycles. The fourth-order valence-corrected chi connectivity index (χ4v) is 4.20. The second-order valence-corrected chi connectivity index (χ2v) is 7.44. The Bertz CT molecular complexity index is 744. The summed E-state index contributed by atoms with van der Waals surface area (Å²) in [4.78, 5) is 14.6. The van der Waals surface area contributed by atoms with Crippen molar-refractivity contribution in [3.8, 4) is 17.1 Å². The van der Waals surface area contributed by atoms with Crippen molar-refractivity contribution in [2.45, 2.75) is 50.9 Å². The van der Waals surface area contributed by atoms with E-state index < -0.39 is 0 Å². The molecule has 2 heterocycles. The van der Waals surface area contributed by atoms with E-state index in [2.05, 4.69) is 28.6 Å². The van der Waals surface area contributed by atoms with Crippen molar-refractivity contribution < 1.29 is 9.53 Å². The van der Waals surface area contributed by atoms with E-state index in [4.69, 9.17) is 4.74 Å². The number of hydrogen-bond donors (Lipinski definition) is 0. The van der Waals surface area contributed by atoms with Gasteiger partial charge in [0.05, 0.1) is 12.9 Å². The number of methoxy groups -OCH3 is 1. The summed E-state index contributed by atoms with van der Waals surface area (Å²) in [5.41, 5.74) is 0.989. The summed E-state index contributed by atoms with van der Waals surface area (Å²) in [7, 11) is 1.65. The third-order valence-electron chi connectivity index (χ3n) is 4.83. The average molecular weight is 375 g/mol. The lowest BCUT2D eigenvalue weighted by Crippen LogP contribution is -2.43. The van der Waals surface area contributed by atoms with Crippen LogP contribution in [-0.4, -0.2) is 51.0 Å². The first kappa shape index (κ1) is 18.8. The molecular formula is C19H26N4O2S. The molecule has 6 nitrogen and oxygen atoms in total. The Labute approximate surface area is 158 Å². The molecule has 2 aromatic rings. The normalized spacial score (nSPS) is 17.3. The number of nitrogens with zero attached hydrogens (tertiary/aromatic N) is 4. The van der Waals surface area contributed by atoms with Crippen LogP contribution in [0.2, 0.25) is 0 Å². The number of ether oxygens (including phenoxy) is 1. The number of rotatable bonds is 6. The Morgan fingerprint density at radius 1 is 1.27 bits per heavy atom. The molecule has 7 heteroatoms. The molecular weight excluding hydrogens is 348 g/mol. The van der Waals surface area contributed by atoms with Crippen LogP contribution in [0.25, 0.3) is 11.4 Å². The van der Waals surface area contributed by atoms with Crippen molar-refractivity contribution in [3.63, 3.8) is 0 Å². The first-order chi connectivity index (χ1) is 12.6. The molecule has 0 unspecified atom stereocenters. The smallest absolute Gasteiger partial charge is 0.233 e. The number of hydrogen-bond acceptors (Lipinski definition) is 5. The summed E-state index contributed by atoms with van der Waals surface area (Å²) in [6.45, 7) is 5.83. The Morgan fingerprint density at radius 3 is 2.69 bits per heavy atom. The van der Waals surface area contributed by atoms with E-state index in [-0.39, 0.29) is 5.91 Å². The molecule has 1 aliphatic heterocycles. The number of aromatic nitrogens is 3. The van der Waals surface area contributed by atoms with Gasteiger partial charge in [-0.25, -0.2) is 0 Å². The lowest BCUT2D eigenvalue weighted by atomic mass is 10.0. The third-order valence-corrected chi connectivity index (χ3v) is 5.78. The van der Waals surface area contributed by atoms with Crippen LogP contribution >= 0.6 is 11.8 Å². The number of benzene rings is 1. The molecule has 0 bridgehead atoms. The molecule has 1 fully saturated rings. The Kier molecular flexibility index (Phi) is 6.19. The van der Waals surface area contributed by atoms with Crippen molar-refractivity contribution >= 4 is 17.7 Å². The van der Waals surface area contributed by atoms with Crippen LogP contribution in [0.15, 0.2) is 29.4 Å². The molecule has 0 N–H and O–H groups in total. The van der Waals surface area contributed by atoms with Gasteiger partial charge in [-0.1, -0.05) is 11.8 Å². The van der Waals surface area contributed by atoms with E-state index in [0.717, 1.165) is 48.2 Å². The molecule has 3 rings (SSSR count). The zero-order valence-electron chi connectivity index (χ0n) is 15.6. The fraction of sp³-hybridized carbons (Fsp3) is 0.526. The van der Waals surface area contributed by atoms with Crippen LogP contribution < -0.4 is 4.74 Å². The van der Waals surface area contributed by atoms with Gasteiger partial charge in [-0.3, -0.25) is 4.79 Å². The minimum atomic E-state index is 0.193.